The zero-order valence-electron chi connectivity index (χ0n) is 11.3. The summed E-state index contributed by atoms with van der Waals surface area (Å²) < 4.78 is 5.11. The topological polar surface area (TPSA) is 50.4 Å². The van der Waals surface area contributed by atoms with Crippen LogP contribution in [0.2, 0.25) is 0 Å². The Morgan fingerprint density at radius 3 is 2.68 bits per heavy atom. The minimum absolute atomic E-state index is 0.0820. The minimum Gasteiger partial charge on any atom is -0.497 e. The van der Waals surface area contributed by atoms with Gasteiger partial charge in [0, 0.05) is 30.4 Å². The Balaban J connectivity index is 1.77. The molecular weight excluding hydrogens is 260 g/mol. The smallest absolute Gasteiger partial charge is 0.233 e. The Morgan fingerprint density at radius 2 is 2.16 bits per heavy atom. The molecule has 5 heteroatoms. The summed E-state index contributed by atoms with van der Waals surface area (Å²) in [6.45, 7) is 4.74. The molecule has 2 rings (SSSR count). The molecule has 0 aliphatic carbocycles. The standard InChI is InChI=1S/C14H20N2O2S/c1-10(14(17)16-9-11-7-15-8-11)19-13-5-3-12(18-2)4-6-13/h3-6,10-11,15H,7-9H2,1-2H3,(H,16,17). The van der Waals surface area contributed by atoms with Gasteiger partial charge in [0.2, 0.25) is 5.91 Å². The molecule has 4 nitrogen and oxygen atoms in total. The first-order valence-electron chi connectivity index (χ1n) is 6.48. The number of thioether (sulfide) groups is 1. The molecule has 1 unspecified atom stereocenters. The van der Waals surface area contributed by atoms with Gasteiger partial charge >= 0.3 is 0 Å². The lowest BCUT2D eigenvalue weighted by Crippen LogP contribution is -2.49. The van der Waals surface area contributed by atoms with Crippen LogP contribution in [-0.4, -0.2) is 37.9 Å². The lowest BCUT2D eigenvalue weighted by Gasteiger charge is -2.27. The third-order valence-electron chi connectivity index (χ3n) is 3.17. The number of benzene rings is 1. The summed E-state index contributed by atoms with van der Waals surface area (Å²) >= 11 is 1.56. The molecule has 0 spiro atoms. The molecule has 1 heterocycles. The Bertz CT molecular complexity index is 418. The van der Waals surface area contributed by atoms with Gasteiger partial charge in [-0.15, -0.1) is 11.8 Å². The van der Waals surface area contributed by atoms with Crippen LogP contribution in [0.25, 0.3) is 0 Å². The average Bonchev–Trinajstić information content (AvgIpc) is 2.37. The molecule has 19 heavy (non-hydrogen) atoms. The Hall–Kier alpha value is -1.20. The highest BCUT2D eigenvalue weighted by Crippen LogP contribution is 2.25. The Morgan fingerprint density at radius 1 is 1.47 bits per heavy atom. The zero-order chi connectivity index (χ0) is 13.7. The van der Waals surface area contributed by atoms with Gasteiger partial charge in [-0.1, -0.05) is 0 Å². The first-order chi connectivity index (χ1) is 9.19. The van der Waals surface area contributed by atoms with E-state index in [-0.39, 0.29) is 11.2 Å². The van der Waals surface area contributed by atoms with Crippen molar-refractivity contribution < 1.29 is 9.53 Å². The predicted octanol–water partition coefficient (Wildman–Crippen LogP) is 1.51. The maximum atomic E-state index is 11.9. The van der Waals surface area contributed by atoms with Gasteiger partial charge in [0.25, 0.3) is 0 Å². The number of methoxy groups -OCH3 is 1. The van der Waals surface area contributed by atoms with Crippen molar-refractivity contribution in [3.63, 3.8) is 0 Å². The molecule has 0 bridgehead atoms. The van der Waals surface area contributed by atoms with Gasteiger partial charge in [0.1, 0.15) is 5.75 Å². The summed E-state index contributed by atoms with van der Waals surface area (Å²) in [6.07, 6.45) is 0. The molecule has 1 aromatic carbocycles. The van der Waals surface area contributed by atoms with Gasteiger partial charge in [-0.25, -0.2) is 0 Å². The second-order valence-corrected chi connectivity index (χ2v) is 6.12. The van der Waals surface area contributed by atoms with Crippen LogP contribution in [0.3, 0.4) is 0 Å². The molecule has 1 atom stereocenters. The molecule has 0 radical (unpaired) electrons. The number of hydrogen-bond donors (Lipinski definition) is 2. The number of ether oxygens (including phenoxy) is 1. The van der Waals surface area contributed by atoms with Gasteiger partial charge in [0.05, 0.1) is 12.4 Å². The maximum absolute atomic E-state index is 11.9. The predicted molar refractivity (Wildman–Crippen MR) is 77.7 cm³/mol. The van der Waals surface area contributed by atoms with E-state index in [1.54, 1.807) is 18.9 Å². The third-order valence-corrected chi connectivity index (χ3v) is 4.28. The van der Waals surface area contributed by atoms with Gasteiger partial charge in [-0.3, -0.25) is 4.79 Å². The third kappa shape index (κ3) is 4.14. The number of hydrogen-bond acceptors (Lipinski definition) is 4. The van der Waals surface area contributed by atoms with E-state index in [1.165, 1.54) is 0 Å². The van der Waals surface area contributed by atoms with Gasteiger partial charge < -0.3 is 15.4 Å². The highest BCUT2D eigenvalue weighted by atomic mass is 32.2. The summed E-state index contributed by atoms with van der Waals surface area (Å²) in [4.78, 5) is 13.0. The Kier molecular flexibility index (Phi) is 5.10. The summed E-state index contributed by atoms with van der Waals surface area (Å²) in [5.41, 5.74) is 0. The monoisotopic (exact) mass is 280 g/mol. The molecular formula is C14H20N2O2S. The number of carbonyl (C=O) groups excluding carboxylic acids is 1. The van der Waals surface area contributed by atoms with Crippen LogP contribution in [-0.2, 0) is 4.79 Å². The van der Waals surface area contributed by atoms with Crippen molar-refractivity contribution in [1.82, 2.24) is 10.6 Å². The summed E-state index contributed by atoms with van der Waals surface area (Å²) in [6, 6.07) is 7.77. The van der Waals surface area contributed by atoms with Crippen molar-refractivity contribution in [3.05, 3.63) is 24.3 Å². The summed E-state index contributed by atoms with van der Waals surface area (Å²) in [7, 11) is 1.65. The summed E-state index contributed by atoms with van der Waals surface area (Å²) in [5, 5.41) is 6.12. The molecule has 1 aliphatic rings. The van der Waals surface area contributed by atoms with Crippen molar-refractivity contribution in [2.24, 2.45) is 5.92 Å². The first kappa shape index (κ1) is 14.2. The van der Waals surface area contributed by atoms with Gasteiger partial charge in [0.15, 0.2) is 0 Å². The largest absolute Gasteiger partial charge is 0.497 e. The fraction of sp³-hybridized carbons (Fsp3) is 0.500. The van der Waals surface area contributed by atoms with Crippen molar-refractivity contribution in [3.8, 4) is 5.75 Å². The highest BCUT2D eigenvalue weighted by Gasteiger charge is 2.19. The van der Waals surface area contributed by atoms with E-state index in [0.29, 0.717) is 5.92 Å². The van der Waals surface area contributed by atoms with E-state index >= 15 is 0 Å². The molecule has 1 amide bonds. The summed E-state index contributed by atoms with van der Waals surface area (Å²) in [5.74, 6) is 1.54. The minimum atomic E-state index is -0.0820. The number of nitrogens with one attached hydrogen (secondary N) is 2. The number of carbonyl (C=O) groups is 1. The fourth-order valence-electron chi connectivity index (χ4n) is 1.79. The molecule has 1 aromatic rings. The molecule has 2 N–H and O–H groups in total. The first-order valence-corrected chi connectivity index (χ1v) is 7.36. The molecule has 1 saturated heterocycles. The van der Waals surface area contributed by atoms with Crippen LogP contribution >= 0.6 is 11.8 Å². The van der Waals surface area contributed by atoms with E-state index in [9.17, 15) is 4.79 Å². The van der Waals surface area contributed by atoms with Crippen molar-refractivity contribution >= 4 is 17.7 Å². The quantitative estimate of drug-likeness (QED) is 0.776. The van der Waals surface area contributed by atoms with E-state index in [1.807, 2.05) is 31.2 Å². The van der Waals surface area contributed by atoms with E-state index in [2.05, 4.69) is 10.6 Å². The van der Waals surface area contributed by atoms with Crippen LogP contribution in [0.1, 0.15) is 6.92 Å². The number of amides is 1. The second-order valence-electron chi connectivity index (χ2n) is 4.71. The van der Waals surface area contributed by atoms with E-state index in [0.717, 1.165) is 30.3 Å². The normalized spacial score (nSPS) is 16.5. The van der Waals surface area contributed by atoms with Crippen LogP contribution in [0.4, 0.5) is 0 Å². The molecule has 0 saturated carbocycles. The molecule has 1 fully saturated rings. The van der Waals surface area contributed by atoms with Crippen LogP contribution < -0.4 is 15.4 Å². The van der Waals surface area contributed by atoms with E-state index < -0.39 is 0 Å². The molecule has 104 valence electrons. The van der Waals surface area contributed by atoms with E-state index in [4.69, 9.17) is 4.74 Å². The fourth-order valence-corrected chi connectivity index (χ4v) is 2.69. The molecule has 1 aliphatic heterocycles. The average molecular weight is 280 g/mol. The zero-order valence-corrected chi connectivity index (χ0v) is 12.1. The highest BCUT2D eigenvalue weighted by molar-refractivity contribution is 8.00. The van der Waals surface area contributed by atoms with Crippen molar-refractivity contribution in [1.29, 1.82) is 0 Å². The lowest BCUT2D eigenvalue weighted by molar-refractivity contribution is -0.120. The van der Waals surface area contributed by atoms with Crippen LogP contribution in [0.15, 0.2) is 29.2 Å². The molecule has 0 aromatic heterocycles. The lowest BCUT2D eigenvalue weighted by atomic mass is 10.0. The van der Waals surface area contributed by atoms with Crippen molar-refractivity contribution in [2.75, 3.05) is 26.7 Å². The van der Waals surface area contributed by atoms with Crippen LogP contribution in [0.5, 0.6) is 5.75 Å². The van der Waals surface area contributed by atoms with Crippen LogP contribution in [0, 0.1) is 5.92 Å². The second kappa shape index (κ2) is 6.82. The Labute approximate surface area is 118 Å². The maximum Gasteiger partial charge on any atom is 0.233 e. The van der Waals surface area contributed by atoms with Gasteiger partial charge in [-0.05, 0) is 31.2 Å². The number of rotatable bonds is 6. The van der Waals surface area contributed by atoms with Gasteiger partial charge in [-0.2, -0.15) is 0 Å². The SMILES string of the molecule is COc1ccc(SC(C)C(=O)NCC2CNC2)cc1. The van der Waals surface area contributed by atoms with Crippen molar-refractivity contribution in [2.45, 2.75) is 17.1 Å².